The van der Waals surface area contributed by atoms with Crippen molar-refractivity contribution >= 4 is 28.1 Å². The molecule has 156 valence electrons. The lowest BCUT2D eigenvalue weighted by molar-refractivity contribution is 0.0220. The van der Waals surface area contributed by atoms with E-state index in [2.05, 4.69) is 4.98 Å². The molecule has 0 saturated heterocycles. The molecule has 0 radical (unpaired) electrons. The summed E-state index contributed by atoms with van der Waals surface area (Å²) < 4.78 is 30.2. The van der Waals surface area contributed by atoms with Gasteiger partial charge in [-0.2, -0.15) is 0 Å². The van der Waals surface area contributed by atoms with Gasteiger partial charge < -0.3 is 14.6 Å². The number of benzene rings is 1. The van der Waals surface area contributed by atoms with E-state index < -0.39 is 21.5 Å². The van der Waals surface area contributed by atoms with E-state index in [0.717, 1.165) is 6.26 Å². The van der Waals surface area contributed by atoms with Crippen LogP contribution >= 0.6 is 12.2 Å². The van der Waals surface area contributed by atoms with E-state index in [-0.39, 0.29) is 21.8 Å². The van der Waals surface area contributed by atoms with Crippen LogP contribution in [0.25, 0.3) is 5.69 Å². The maximum atomic E-state index is 13.0. The maximum Gasteiger partial charge on any atom is 0.410 e. The predicted octanol–water partition coefficient (Wildman–Crippen LogP) is 2.59. The van der Waals surface area contributed by atoms with Crippen molar-refractivity contribution in [2.75, 3.05) is 12.8 Å². The average molecular weight is 438 g/mol. The highest BCUT2D eigenvalue weighted by Gasteiger charge is 2.28. The van der Waals surface area contributed by atoms with Gasteiger partial charge in [0.05, 0.1) is 17.1 Å². The molecule has 8 nitrogen and oxygen atoms in total. The number of fused-ring (bicyclic) bond motifs is 1. The van der Waals surface area contributed by atoms with Gasteiger partial charge in [0.1, 0.15) is 5.60 Å². The minimum atomic E-state index is -3.33. The molecule has 0 atom stereocenters. The van der Waals surface area contributed by atoms with Crippen molar-refractivity contribution in [2.45, 2.75) is 44.2 Å². The Balaban J connectivity index is 1.95. The zero-order valence-corrected chi connectivity index (χ0v) is 18.3. The van der Waals surface area contributed by atoms with E-state index >= 15 is 0 Å². The minimum absolute atomic E-state index is 0.162. The number of hydrogen-bond donors (Lipinski definition) is 1. The Bertz CT molecular complexity index is 1170. The van der Waals surface area contributed by atoms with E-state index in [1.807, 2.05) is 0 Å². The molecule has 1 amide bonds. The second kappa shape index (κ2) is 7.42. The molecule has 1 aliphatic rings. The van der Waals surface area contributed by atoms with Gasteiger partial charge >= 0.3 is 6.09 Å². The van der Waals surface area contributed by atoms with Crippen molar-refractivity contribution in [1.29, 1.82) is 0 Å². The lowest BCUT2D eigenvalue weighted by atomic mass is 10.1. The Morgan fingerprint density at radius 2 is 1.83 bits per heavy atom. The fraction of sp³-hybridized carbons (Fsp3) is 0.421. The summed E-state index contributed by atoms with van der Waals surface area (Å²) in [6.45, 7) is 5.95. The number of carbonyl (C=O) groups excluding carboxylic acids is 1. The Kier molecular flexibility index (Phi) is 5.44. The number of aromatic nitrogens is 2. The molecule has 29 heavy (non-hydrogen) atoms. The summed E-state index contributed by atoms with van der Waals surface area (Å²) in [5.41, 5.74) is 0.721. The van der Waals surface area contributed by atoms with Crippen molar-refractivity contribution in [2.24, 2.45) is 0 Å². The van der Waals surface area contributed by atoms with Gasteiger partial charge in [-0.05, 0) is 63.7 Å². The molecule has 1 aromatic carbocycles. The van der Waals surface area contributed by atoms with E-state index in [1.165, 1.54) is 21.6 Å². The van der Waals surface area contributed by atoms with Crippen LogP contribution in [0.5, 0.6) is 0 Å². The van der Waals surface area contributed by atoms with Gasteiger partial charge in [-0.15, -0.1) is 0 Å². The summed E-state index contributed by atoms with van der Waals surface area (Å²) in [5, 5.41) is 0. The first-order valence-corrected chi connectivity index (χ1v) is 11.3. The fourth-order valence-corrected chi connectivity index (χ4v) is 4.03. The average Bonchev–Trinajstić information content (AvgIpc) is 2.59. The van der Waals surface area contributed by atoms with E-state index in [9.17, 15) is 18.0 Å². The van der Waals surface area contributed by atoms with Crippen LogP contribution in [0.3, 0.4) is 0 Å². The van der Waals surface area contributed by atoms with Gasteiger partial charge in [0, 0.05) is 24.1 Å². The molecular formula is C19H23N3O5S2. The van der Waals surface area contributed by atoms with Crippen molar-refractivity contribution in [3.63, 3.8) is 0 Å². The normalized spacial score (nSPS) is 14.4. The molecular weight excluding hydrogens is 414 g/mol. The maximum absolute atomic E-state index is 13.0. The Morgan fingerprint density at radius 3 is 2.38 bits per heavy atom. The van der Waals surface area contributed by atoms with Gasteiger partial charge in [-0.3, -0.25) is 9.36 Å². The largest absolute Gasteiger partial charge is 0.444 e. The summed E-state index contributed by atoms with van der Waals surface area (Å²) in [7, 11) is -3.33. The molecule has 0 bridgehead atoms. The third-order valence-electron chi connectivity index (χ3n) is 4.44. The Morgan fingerprint density at radius 1 is 1.21 bits per heavy atom. The smallest absolute Gasteiger partial charge is 0.410 e. The van der Waals surface area contributed by atoms with Gasteiger partial charge in [0.25, 0.3) is 5.56 Å². The molecule has 2 heterocycles. The van der Waals surface area contributed by atoms with Gasteiger partial charge in [0.2, 0.25) is 0 Å². The number of ether oxygens (including phenoxy) is 1. The molecule has 2 aromatic rings. The van der Waals surface area contributed by atoms with E-state index in [0.29, 0.717) is 29.9 Å². The summed E-state index contributed by atoms with van der Waals surface area (Å²) in [5.74, 6) is 0. The number of amides is 1. The van der Waals surface area contributed by atoms with Crippen molar-refractivity contribution in [1.82, 2.24) is 14.5 Å². The van der Waals surface area contributed by atoms with Crippen LogP contribution < -0.4 is 5.56 Å². The second-order valence-electron chi connectivity index (χ2n) is 7.95. The Hall–Kier alpha value is -2.46. The third kappa shape index (κ3) is 4.59. The third-order valence-corrected chi connectivity index (χ3v) is 5.86. The minimum Gasteiger partial charge on any atom is -0.444 e. The van der Waals surface area contributed by atoms with Gasteiger partial charge in [0.15, 0.2) is 14.6 Å². The quantitative estimate of drug-likeness (QED) is 0.725. The molecule has 0 saturated carbocycles. The molecule has 1 aliphatic heterocycles. The highest BCUT2D eigenvalue weighted by atomic mass is 32.2. The van der Waals surface area contributed by atoms with Gasteiger partial charge in [-0.1, -0.05) is 0 Å². The van der Waals surface area contributed by atoms with E-state index in [1.54, 1.807) is 32.9 Å². The number of aromatic amines is 1. The van der Waals surface area contributed by atoms with Crippen molar-refractivity contribution in [3.8, 4) is 5.69 Å². The number of carbonyl (C=O) groups is 1. The van der Waals surface area contributed by atoms with Crippen molar-refractivity contribution in [3.05, 3.63) is 50.6 Å². The number of hydrogen-bond acceptors (Lipinski definition) is 6. The SMILES string of the molecule is CC(C)(C)OC(=O)N1CCc2c([nH]c(=S)n(-c3ccc(S(C)(=O)=O)cc3)c2=O)C1. The van der Waals surface area contributed by atoms with Crippen LogP contribution in [-0.4, -0.2) is 47.4 Å². The van der Waals surface area contributed by atoms with E-state index in [4.69, 9.17) is 17.0 Å². The van der Waals surface area contributed by atoms with Crippen LogP contribution in [0.4, 0.5) is 4.79 Å². The highest BCUT2D eigenvalue weighted by molar-refractivity contribution is 7.90. The molecule has 0 spiro atoms. The Labute approximate surface area is 174 Å². The number of nitrogens with one attached hydrogen (secondary N) is 1. The first-order valence-electron chi connectivity index (χ1n) is 9.02. The summed E-state index contributed by atoms with van der Waals surface area (Å²) >= 11 is 5.36. The zero-order valence-electron chi connectivity index (χ0n) is 16.7. The van der Waals surface area contributed by atoms with Crippen LogP contribution in [0.15, 0.2) is 34.0 Å². The zero-order chi connectivity index (χ0) is 21.6. The standard InChI is InChI=1S/C19H23N3O5S2/c1-19(2,3)27-18(24)21-10-9-14-15(11-21)20-17(28)22(16(14)23)12-5-7-13(8-6-12)29(4,25)26/h5-8H,9-11H2,1-4H3,(H,20,28). The number of rotatable bonds is 2. The number of H-pyrrole nitrogens is 1. The second-order valence-corrected chi connectivity index (χ2v) is 10.3. The molecule has 0 aliphatic carbocycles. The van der Waals surface area contributed by atoms with Crippen LogP contribution in [0, 0.1) is 4.77 Å². The summed E-state index contributed by atoms with van der Waals surface area (Å²) in [4.78, 5) is 30.1. The molecule has 1 aromatic heterocycles. The van der Waals surface area contributed by atoms with Crippen molar-refractivity contribution < 1.29 is 17.9 Å². The topological polar surface area (TPSA) is 101 Å². The highest BCUT2D eigenvalue weighted by Crippen LogP contribution is 2.19. The lowest BCUT2D eigenvalue weighted by Gasteiger charge is -2.31. The summed E-state index contributed by atoms with van der Waals surface area (Å²) in [6, 6.07) is 5.97. The lowest BCUT2D eigenvalue weighted by Crippen LogP contribution is -2.42. The van der Waals surface area contributed by atoms with Crippen LogP contribution in [0.1, 0.15) is 32.0 Å². The fourth-order valence-electron chi connectivity index (χ4n) is 3.09. The molecule has 10 heteroatoms. The molecule has 1 N–H and O–H groups in total. The first-order chi connectivity index (χ1) is 13.4. The van der Waals surface area contributed by atoms with Crippen LogP contribution in [-0.2, 0) is 27.5 Å². The van der Waals surface area contributed by atoms with Crippen LogP contribution in [0.2, 0.25) is 0 Å². The molecule has 0 fully saturated rings. The number of nitrogens with zero attached hydrogens (tertiary/aromatic N) is 2. The predicted molar refractivity (Wildman–Crippen MR) is 111 cm³/mol. The first kappa shape index (κ1) is 21.3. The molecule has 3 rings (SSSR count). The number of sulfone groups is 1. The monoisotopic (exact) mass is 437 g/mol. The summed E-state index contributed by atoms with van der Waals surface area (Å²) in [6.07, 6.45) is 1.04. The van der Waals surface area contributed by atoms with Gasteiger partial charge in [-0.25, -0.2) is 13.2 Å². The molecule has 0 unspecified atom stereocenters.